The van der Waals surface area contributed by atoms with Crippen molar-refractivity contribution in [3.8, 4) is 5.69 Å². The minimum Gasteiger partial charge on any atom is -0.444 e. The molecule has 0 saturated carbocycles. The number of hydrogen-bond acceptors (Lipinski definition) is 4. The van der Waals surface area contributed by atoms with Crippen LogP contribution in [0.2, 0.25) is 0 Å². The molecule has 0 atom stereocenters. The van der Waals surface area contributed by atoms with E-state index in [-0.39, 0.29) is 5.91 Å². The Bertz CT molecular complexity index is 821. The van der Waals surface area contributed by atoms with Gasteiger partial charge in [-0.15, -0.1) is 0 Å². The molecular weight excluding hydrogens is 304 g/mol. The highest BCUT2D eigenvalue weighted by Gasteiger charge is 2.14. The van der Waals surface area contributed by atoms with E-state index >= 15 is 0 Å². The Balaban J connectivity index is 1.67. The number of oxazole rings is 1. The van der Waals surface area contributed by atoms with Crippen molar-refractivity contribution in [3.63, 3.8) is 0 Å². The number of rotatable bonds is 6. The van der Waals surface area contributed by atoms with Gasteiger partial charge in [-0.1, -0.05) is 25.1 Å². The number of amides is 1. The zero-order valence-corrected chi connectivity index (χ0v) is 13.8. The van der Waals surface area contributed by atoms with E-state index in [4.69, 9.17) is 4.42 Å². The maximum atomic E-state index is 12.3. The lowest BCUT2D eigenvalue weighted by molar-refractivity contribution is 0.0942. The van der Waals surface area contributed by atoms with Gasteiger partial charge in [-0.3, -0.25) is 4.79 Å². The van der Waals surface area contributed by atoms with Crippen LogP contribution < -0.4 is 5.32 Å². The highest BCUT2D eigenvalue weighted by atomic mass is 16.4. The van der Waals surface area contributed by atoms with E-state index in [0.717, 1.165) is 24.2 Å². The van der Waals surface area contributed by atoms with Crippen LogP contribution in [0.15, 0.2) is 47.0 Å². The minimum absolute atomic E-state index is 0.235. The second-order valence-electron chi connectivity index (χ2n) is 5.57. The number of hydrogen-bond donors (Lipinski definition) is 1. The molecule has 0 radical (unpaired) electrons. The lowest BCUT2D eigenvalue weighted by Gasteiger charge is -2.03. The third kappa shape index (κ3) is 3.53. The summed E-state index contributed by atoms with van der Waals surface area (Å²) in [4.78, 5) is 16.5. The number of nitrogens with zero attached hydrogens (tertiary/aromatic N) is 3. The van der Waals surface area contributed by atoms with Crippen molar-refractivity contribution in [1.29, 1.82) is 0 Å². The lowest BCUT2D eigenvalue weighted by atomic mass is 10.3. The molecule has 24 heavy (non-hydrogen) atoms. The molecule has 124 valence electrons. The van der Waals surface area contributed by atoms with Crippen molar-refractivity contribution in [2.45, 2.75) is 33.2 Å². The smallest absolute Gasteiger partial charge is 0.272 e. The van der Waals surface area contributed by atoms with Crippen molar-refractivity contribution in [2.75, 3.05) is 0 Å². The number of aromatic nitrogens is 3. The maximum Gasteiger partial charge on any atom is 0.272 e. The molecule has 0 spiro atoms. The largest absolute Gasteiger partial charge is 0.444 e. The van der Waals surface area contributed by atoms with Crippen molar-refractivity contribution < 1.29 is 9.21 Å². The van der Waals surface area contributed by atoms with E-state index in [1.165, 1.54) is 0 Å². The third-order valence-electron chi connectivity index (χ3n) is 3.61. The fourth-order valence-corrected chi connectivity index (χ4v) is 2.43. The number of carbonyl (C=O) groups excluding carboxylic acids is 1. The first kappa shape index (κ1) is 16.0. The predicted octanol–water partition coefficient (Wildman–Crippen LogP) is 3.05. The summed E-state index contributed by atoms with van der Waals surface area (Å²) in [7, 11) is 0. The molecule has 6 nitrogen and oxygen atoms in total. The van der Waals surface area contributed by atoms with Gasteiger partial charge in [0, 0.05) is 12.1 Å². The first-order valence-electron chi connectivity index (χ1n) is 8.01. The van der Waals surface area contributed by atoms with Gasteiger partial charge < -0.3 is 9.73 Å². The quantitative estimate of drug-likeness (QED) is 0.756. The normalized spacial score (nSPS) is 10.8. The highest BCUT2D eigenvalue weighted by molar-refractivity contribution is 5.92. The van der Waals surface area contributed by atoms with Gasteiger partial charge in [0.25, 0.3) is 5.91 Å². The van der Waals surface area contributed by atoms with Crippen LogP contribution in [0.4, 0.5) is 0 Å². The van der Waals surface area contributed by atoms with Crippen LogP contribution in [0.3, 0.4) is 0 Å². The second kappa shape index (κ2) is 7.12. The van der Waals surface area contributed by atoms with Crippen LogP contribution in [0.1, 0.15) is 41.2 Å². The summed E-state index contributed by atoms with van der Waals surface area (Å²) >= 11 is 0. The Morgan fingerprint density at radius 2 is 2.08 bits per heavy atom. The summed E-state index contributed by atoms with van der Waals surface area (Å²) in [6, 6.07) is 11.5. The van der Waals surface area contributed by atoms with Crippen LogP contribution in [0.5, 0.6) is 0 Å². The topological polar surface area (TPSA) is 73.0 Å². The minimum atomic E-state index is -0.235. The zero-order chi connectivity index (χ0) is 16.9. The van der Waals surface area contributed by atoms with Gasteiger partial charge in [-0.25, -0.2) is 9.67 Å². The van der Waals surface area contributed by atoms with Gasteiger partial charge in [0.15, 0.2) is 11.6 Å². The molecule has 2 aromatic heterocycles. The van der Waals surface area contributed by atoms with Gasteiger partial charge in [-0.2, -0.15) is 5.10 Å². The lowest BCUT2D eigenvalue weighted by Crippen LogP contribution is -2.23. The Morgan fingerprint density at radius 3 is 2.83 bits per heavy atom. The first-order chi connectivity index (χ1) is 11.7. The summed E-state index contributed by atoms with van der Waals surface area (Å²) in [6.45, 7) is 4.29. The van der Waals surface area contributed by atoms with E-state index in [1.807, 2.05) is 37.3 Å². The van der Waals surface area contributed by atoms with E-state index in [2.05, 4.69) is 22.3 Å². The SMILES string of the molecule is CCCc1ncc(CNC(=O)c2cc(C)n(-c3ccccc3)n2)o1. The molecule has 1 N–H and O–H groups in total. The Hall–Kier alpha value is -2.89. The van der Waals surface area contributed by atoms with Gasteiger partial charge in [0.2, 0.25) is 0 Å². The summed E-state index contributed by atoms with van der Waals surface area (Å²) < 4.78 is 7.31. The molecule has 0 saturated heterocycles. The summed E-state index contributed by atoms with van der Waals surface area (Å²) in [5.74, 6) is 1.11. The van der Waals surface area contributed by atoms with Gasteiger partial charge in [0.05, 0.1) is 18.4 Å². The molecule has 0 unspecified atom stereocenters. The van der Waals surface area contributed by atoms with Crippen LogP contribution in [-0.2, 0) is 13.0 Å². The molecule has 0 aliphatic rings. The van der Waals surface area contributed by atoms with Gasteiger partial charge in [0.1, 0.15) is 5.76 Å². The number of carbonyl (C=O) groups is 1. The average molecular weight is 324 g/mol. The maximum absolute atomic E-state index is 12.3. The molecule has 1 aromatic carbocycles. The summed E-state index contributed by atoms with van der Waals surface area (Å²) in [6.07, 6.45) is 3.43. The predicted molar refractivity (Wildman–Crippen MR) is 90.0 cm³/mol. The average Bonchev–Trinajstić information content (AvgIpc) is 3.20. The molecule has 0 fully saturated rings. The van der Waals surface area contributed by atoms with Crippen molar-refractivity contribution in [2.24, 2.45) is 0 Å². The number of nitrogens with one attached hydrogen (secondary N) is 1. The van der Waals surface area contributed by atoms with Crippen LogP contribution in [-0.4, -0.2) is 20.7 Å². The number of aryl methyl sites for hydroxylation is 2. The molecule has 6 heteroatoms. The van der Waals surface area contributed by atoms with Crippen molar-refractivity contribution in [3.05, 3.63) is 65.6 Å². The highest BCUT2D eigenvalue weighted by Crippen LogP contribution is 2.12. The van der Waals surface area contributed by atoms with Gasteiger partial charge >= 0.3 is 0 Å². The van der Waals surface area contributed by atoms with E-state index in [0.29, 0.717) is 23.9 Å². The van der Waals surface area contributed by atoms with Crippen LogP contribution >= 0.6 is 0 Å². The van der Waals surface area contributed by atoms with Crippen molar-refractivity contribution in [1.82, 2.24) is 20.1 Å². The first-order valence-corrected chi connectivity index (χ1v) is 8.01. The van der Waals surface area contributed by atoms with E-state index < -0.39 is 0 Å². The molecule has 3 aromatic rings. The van der Waals surface area contributed by atoms with Crippen molar-refractivity contribution >= 4 is 5.91 Å². The van der Waals surface area contributed by atoms with Crippen LogP contribution in [0.25, 0.3) is 5.69 Å². The zero-order valence-electron chi connectivity index (χ0n) is 13.8. The third-order valence-corrected chi connectivity index (χ3v) is 3.61. The second-order valence-corrected chi connectivity index (χ2v) is 5.57. The molecule has 0 aliphatic carbocycles. The Morgan fingerprint density at radius 1 is 1.29 bits per heavy atom. The Labute approximate surface area is 140 Å². The Kier molecular flexibility index (Phi) is 4.74. The fraction of sp³-hybridized carbons (Fsp3) is 0.278. The number of para-hydroxylation sites is 1. The molecule has 1 amide bonds. The van der Waals surface area contributed by atoms with E-state index in [1.54, 1.807) is 16.9 Å². The standard InChI is InChI=1S/C18H20N4O2/c1-3-7-17-19-11-15(24-17)12-20-18(23)16-10-13(2)22(21-16)14-8-5-4-6-9-14/h4-6,8-11H,3,7,12H2,1-2H3,(H,20,23). The number of benzene rings is 1. The summed E-state index contributed by atoms with van der Waals surface area (Å²) in [5.41, 5.74) is 2.20. The molecular formula is C18H20N4O2. The summed E-state index contributed by atoms with van der Waals surface area (Å²) in [5, 5.41) is 7.20. The monoisotopic (exact) mass is 324 g/mol. The molecule has 0 aliphatic heterocycles. The molecule has 3 rings (SSSR count). The molecule has 0 bridgehead atoms. The van der Waals surface area contributed by atoms with Gasteiger partial charge in [-0.05, 0) is 31.5 Å². The van der Waals surface area contributed by atoms with E-state index in [9.17, 15) is 4.79 Å². The fourth-order valence-electron chi connectivity index (χ4n) is 2.43. The molecule has 2 heterocycles. The van der Waals surface area contributed by atoms with Crippen LogP contribution in [0, 0.1) is 6.92 Å².